The number of hydrogen-bond acceptors (Lipinski definition) is 2. The standard InChI is InChI=1S/C17H27N3O/c1-12(2)10-16(21)19-8-6-15(7-9-19)20-13(3)11-18-17(20)14-4-5-14/h11-12,14-15H,4-10H2,1-3H3. The molecule has 0 unspecified atom stereocenters. The van der Waals surface area contributed by atoms with Crippen molar-refractivity contribution in [2.75, 3.05) is 13.1 Å². The van der Waals surface area contributed by atoms with E-state index in [2.05, 4.69) is 35.2 Å². The van der Waals surface area contributed by atoms with Crippen LogP contribution < -0.4 is 0 Å². The molecular weight excluding hydrogens is 262 g/mol. The van der Waals surface area contributed by atoms with Gasteiger partial charge in [-0.15, -0.1) is 0 Å². The highest BCUT2D eigenvalue weighted by atomic mass is 16.2. The first-order valence-electron chi connectivity index (χ1n) is 8.37. The van der Waals surface area contributed by atoms with E-state index in [0.29, 0.717) is 30.2 Å². The lowest BCUT2D eigenvalue weighted by molar-refractivity contribution is -0.133. The molecule has 2 fully saturated rings. The van der Waals surface area contributed by atoms with Crippen LogP contribution in [0.3, 0.4) is 0 Å². The summed E-state index contributed by atoms with van der Waals surface area (Å²) in [4.78, 5) is 18.8. The number of aromatic nitrogens is 2. The first kappa shape index (κ1) is 14.6. The number of rotatable bonds is 4. The predicted molar refractivity (Wildman–Crippen MR) is 83.2 cm³/mol. The summed E-state index contributed by atoms with van der Waals surface area (Å²) < 4.78 is 2.46. The maximum Gasteiger partial charge on any atom is 0.222 e. The molecule has 2 aliphatic rings. The highest BCUT2D eigenvalue weighted by molar-refractivity contribution is 5.76. The third-order valence-corrected chi connectivity index (χ3v) is 4.72. The van der Waals surface area contributed by atoms with Crippen LogP contribution in [0.1, 0.15) is 69.4 Å². The fraction of sp³-hybridized carbons (Fsp3) is 0.765. The number of carbonyl (C=O) groups excluding carboxylic acids is 1. The molecule has 21 heavy (non-hydrogen) atoms. The van der Waals surface area contributed by atoms with Crippen LogP contribution in [0.4, 0.5) is 0 Å². The van der Waals surface area contributed by atoms with E-state index in [0.717, 1.165) is 25.9 Å². The molecule has 1 aromatic heterocycles. The molecule has 1 aromatic rings. The molecule has 1 saturated heterocycles. The van der Waals surface area contributed by atoms with E-state index in [4.69, 9.17) is 0 Å². The van der Waals surface area contributed by atoms with Crippen molar-refractivity contribution in [1.82, 2.24) is 14.5 Å². The summed E-state index contributed by atoms with van der Waals surface area (Å²) in [6.45, 7) is 8.19. The number of imidazole rings is 1. The van der Waals surface area contributed by atoms with Gasteiger partial charge < -0.3 is 9.47 Å². The van der Waals surface area contributed by atoms with Crippen LogP contribution in [0.2, 0.25) is 0 Å². The molecule has 0 atom stereocenters. The number of carbonyl (C=O) groups is 1. The summed E-state index contributed by atoms with van der Waals surface area (Å²) in [6, 6.07) is 0.534. The average Bonchev–Trinajstić information content (AvgIpc) is 3.21. The van der Waals surface area contributed by atoms with Gasteiger partial charge in [-0.05, 0) is 38.5 Å². The lowest BCUT2D eigenvalue weighted by atomic mass is 10.0. The Bertz CT molecular complexity index is 508. The van der Waals surface area contributed by atoms with Crippen molar-refractivity contribution >= 4 is 5.91 Å². The molecule has 0 radical (unpaired) electrons. The molecule has 2 heterocycles. The molecule has 116 valence electrons. The maximum absolute atomic E-state index is 12.2. The molecular formula is C17H27N3O. The van der Waals surface area contributed by atoms with E-state index in [1.165, 1.54) is 24.4 Å². The molecule has 1 amide bonds. The van der Waals surface area contributed by atoms with Crippen LogP contribution in [0.5, 0.6) is 0 Å². The largest absolute Gasteiger partial charge is 0.343 e. The second-order valence-electron chi connectivity index (χ2n) is 7.11. The second kappa shape index (κ2) is 5.82. The van der Waals surface area contributed by atoms with Crippen LogP contribution in [-0.2, 0) is 4.79 Å². The zero-order valence-electron chi connectivity index (χ0n) is 13.5. The van der Waals surface area contributed by atoms with Crippen molar-refractivity contribution < 1.29 is 4.79 Å². The molecule has 4 heteroatoms. The Morgan fingerprint density at radius 2 is 1.95 bits per heavy atom. The van der Waals surface area contributed by atoms with Crippen molar-refractivity contribution in [2.24, 2.45) is 5.92 Å². The summed E-state index contributed by atoms with van der Waals surface area (Å²) in [5.74, 6) is 2.76. The highest BCUT2D eigenvalue weighted by Crippen LogP contribution is 2.41. The Labute approximate surface area is 127 Å². The average molecular weight is 289 g/mol. The zero-order valence-corrected chi connectivity index (χ0v) is 13.5. The minimum absolute atomic E-state index is 0.327. The van der Waals surface area contributed by atoms with E-state index in [1.807, 2.05) is 6.20 Å². The monoisotopic (exact) mass is 289 g/mol. The van der Waals surface area contributed by atoms with Gasteiger partial charge in [-0.25, -0.2) is 4.98 Å². The Morgan fingerprint density at radius 1 is 1.29 bits per heavy atom. The molecule has 0 spiro atoms. The van der Waals surface area contributed by atoms with E-state index in [1.54, 1.807) is 0 Å². The zero-order chi connectivity index (χ0) is 15.0. The highest BCUT2D eigenvalue weighted by Gasteiger charge is 2.32. The van der Waals surface area contributed by atoms with E-state index in [-0.39, 0.29) is 0 Å². The minimum Gasteiger partial charge on any atom is -0.343 e. The number of piperidine rings is 1. The van der Waals surface area contributed by atoms with Crippen LogP contribution in [0.15, 0.2) is 6.20 Å². The molecule has 3 rings (SSSR count). The van der Waals surface area contributed by atoms with E-state index < -0.39 is 0 Å². The number of amides is 1. The summed E-state index contributed by atoms with van der Waals surface area (Å²) >= 11 is 0. The Morgan fingerprint density at radius 3 is 2.52 bits per heavy atom. The van der Waals surface area contributed by atoms with Crippen molar-refractivity contribution in [3.8, 4) is 0 Å². The first-order valence-corrected chi connectivity index (χ1v) is 8.37. The SMILES string of the molecule is Cc1cnc(C2CC2)n1C1CCN(C(=O)CC(C)C)CC1. The lowest BCUT2D eigenvalue weighted by Gasteiger charge is -2.34. The first-order chi connectivity index (χ1) is 10.1. The van der Waals surface area contributed by atoms with Gasteiger partial charge in [0.25, 0.3) is 0 Å². The number of hydrogen-bond donors (Lipinski definition) is 0. The van der Waals surface area contributed by atoms with E-state index >= 15 is 0 Å². The molecule has 0 N–H and O–H groups in total. The van der Waals surface area contributed by atoms with Gasteiger partial charge in [0.2, 0.25) is 5.91 Å². The minimum atomic E-state index is 0.327. The van der Waals surface area contributed by atoms with Crippen molar-refractivity contribution in [3.05, 3.63) is 17.7 Å². The molecule has 1 saturated carbocycles. The second-order valence-corrected chi connectivity index (χ2v) is 7.11. The third kappa shape index (κ3) is 3.14. The van der Waals surface area contributed by atoms with Gasteiger partial charge in [0.15, 0.2) is 0 Å². The van der Waals surface area contributed by atoms with Crippen molar-refractivity contribution in [3.63, 3.8) is 0 Å². The molecule has 1 aliphatic heterocycles. The molecule has 1 aliphatic carbocycles. The van der Waals surface area contributed by atoms with Gasteiger partial charge >= 0.3 is 0 Å². The number of nitrogens with zero attached hydrogens (tertiary/aromatic N) is 3. The summed E-state index contributed by atoms with van der Waals surface area (Å²) in [6.07, 6.45) is 7.43. The van der Waals surface area contributed by atoms with Crippen LogP contribution in [0, 0.1) is 12.8 Å². The fourth-order valence-corrected chi connectivity index (χ4v) is 3.44. The van der Waals surface area contributed by atoms with Crippen molar-refractivity contribution in [1.29, 1.82) is 0 Å². The van der Waals surface area contributed by atoms with Gasteiger partial charge in [-0.2, -0.15) is 0 Å². The summed E-state index contributed by atoms with van der Waals surface area (Å²) in [7, 11) is 0. The number of aryl methyl sites for hydroxylation is 1. The topological polar surface area (TPSA) is 38.1 Å². The normalized spacial score (nSPS) is 20.3. The van der Waals surface area contributed by atoms with Crippen LogP contribution >= 0.6 is 0 Å². The van der Waals surface area contributed by atoms with E-state index in [9.17, 15) is 4.79 Å². The quantitative estimate of drug-likeness (QED) is 0.853. The van der Waals surface area contributed by atoms with Gasteiger partial charge in [0.1, 0.15) is 5.82 Å². The maximum atomic E-state index is 12.2. The van der Waals surface area contributed by atoms with Gasteiger partial charge in [-0.1, -0.05) is 13.8 Å². The van der Waals surface area contributed by atoms with Crippen molar-refractivity contribution in [2.45, 2.75) is 64.8 Å². The fourth-order valence-electron chi connectivity index (χ4n) is 3.44. The Kier molecular flexibility index (Phi) is 4.05. The third-order valence-electron chi connectivity index (χ3n) is 4.72. The van der Waals surface area contributed by atoms with Gasteiger partial charge in [-0.3, -0.25) is 4.79 Å². The smallest absolute Gasteiger partial charge is 0.222 e. The predicted octanol–water partition coefficient (Wildman–Crippen LogP) is 3.28. The number of likely N-dealkylation sites (tertiary alicyclic amines) is 1. The Balaban J connectivity index is 1.63. The molecule has 0 bridgehead atoms. The van der Waals surface area contributed by atoms with Gasteiger partial charge in [0, 0.05) is 43.4 Å². The molecule has 4 nitrogen and oxygen atoms in total. The van der Waals surface area contributed by atoms with Gasteiger partial charge in [0.05, 0.1) is 0 Å². The van der Waals surface area contributed by atoms with Crippen LogP contribution in [-0.4, -0.2) is 33.4 Å². The lowest BCUT2D eigenvalue weighted by Crippen LogP contribution is -2.39. The summed E-state index contributed by atoms with van der Waals surface area (Å²) in [5.41, 5.74) is 1.28. The Hall–Kier alpha value is -1.32. The van der Waals surface area contributed by atoms with Crippen LogP contribution in [0.25, 0.3) is 0 Å². The molecule has 0 aromatic carbocycles. The summed E-state index contributed by atoms with van der Waals surface area (Å²) in [5, 5.41) is 0.